The Kier molecular flexibility index (Phi) is 3.86. The van der Waals surface area contributed by atoms with Crippen molar-refractivity contribution in [2.45, 2.75) is 16.6 Å². The lowest BCUT2D eigenvalue weighted by Crippen LogP contribution is -2.14. The van der Waals surface area contributed by atoms with E-state index in [1.54, 1.807) is 18.2 Å². The number of nitriles is 1. The van der Waals surface area contributed by atoms with E-state index < -0.39 is 0 Å². The van der Waals surface area contributed by atoms with Crippen LogP contribution in [-0.4, -0.2) is 11.9 Å². The Bertz CT molecular complexity index is 655. The number of benzene rings is 2. The highest BCUT2D eigenvalue weighted by Crippen LogP contribution is 2.37. The monoisotopic (exact) mass is 301 g/mol. The number of nitrogens with zero attached hydrogens (tertiary/aromatic N) is 1. The molecule has 100 valence electrons. The highest BCUT2D eigenvalue weighted by molar-refractivity contribution is 8.00. The molecule has 0 radical (unpaired) electrons. The molecule has 1 unspecified atom stereocenters. The van der Waals surface area contributed by atoms with Crippen molar-refractivity contribution in [2.24, 2.45) is 0 Å². The fraction of sp³-hybridized carbons (Fsp3) is 0.188. The first-order chi connectivity index (χ1) is 9.78. The van der Waals surface area contributed by atoms with Gasteiger partial charge in [-0.1, -0.05) is 35.9 Å². The first-order valence-electron chi connectivity index (χ1n) is 6.34. The van der Waals surface area contributed by atoms with Crippen LogP contribution in [0.3, 0.4) is 0 Å². The number of thioether (sulfide) groups is 1. The average Bonchev–Trinajstić information content (AvgIpc) is 2.88. The zero-order chi connectivity index (χ0) is 13.9. The van der Waals surface area contributed by atoms with Gasteiger partial charge in [-0.2, -0.15) is 5.26 Å². The Morgan fingerprint density at radius 3 is 2.90 bits per heavy atom. The molecule has 1 heterocycles. The van der Waals surface area contributed by atoms with Gasteiger partial charge in [-0.3, -0.25) is 0 Å². The van der Waals surface area contributed by atoms with Gasteiger partial charge in [0, 0.05) is 10.1 Å². The van der Waals surface area contributed by atoms with Gasteiger partial charge >= 0.3 is 0 Å². The lowest BCUT2D eigenvalue weighted by Gasteiger charge is -2.12. The fourth-order valence-electron chi connectivity index (χ4n) is 2.26. The van der Waals surface area contributed by atoms with Crippen molar-refractivity contribution >= 4 is 23.4 Å². The molecule has 2 aromatic carbocycles. The first-order valence-corrected chi connectivity index (χ1v) is 7.59. The average molecular weight is 302 g/mol. The largest absolute Gasteiger partial charge is 0.491 e. The van der Waals surface area contributed by atoms with E-state index in [0.29, 0.717) is 28.2 Å². The summed E-state index contributed by atoms with van der Waals surface area (Å²) in [4.78, 5) is 1.33. The van der Waals surface area contributed by atoms with Gasteiger partial charge < -0.3 is 4.74 Å². The van der Waals surface area contributed by atoms with Crippen LogP contribution in [0.4, 0.5) is 0 Å². The van der Waals surface area contributed by atoms with E-state index in [-0.39, 0.29) is 0 Å². The minimum Gasteiger partial charge on any atom is -0.491 e. The van der Waals surface area contributed by atoms with E-state index in [0.717, 1.165) is 6.42 Å². The van der Waals surface area contributed by atoms with Gasteiger partial charge in [0.2, 0.25) is 0 Å². The Hall–Kier alpha value is -1.63. The molecular weight excluding hydrogens is 290 g/mol. The number of hydrogen-bond donors (Lipinski definition) is 0. The second kappa shape index (κ2) is 5.78. The van der Waals surface area contributed by atoms with Crippen molar-refractivity contribution in [3.63, 3.8) is 0 Å². The lowest BCUT2D eigenvalue weighted by atomic mass is 10.1. The molecule has 2 nitrogen and oxygen atoms in total. The van der Waals surface area contributed by atoms with Crippen LogP contribution in [0.25, 0.3) is 0 Å². The first kappa shape index (κ1) is 13.4. The molecule has 0 aliphatic carbocycles. The maximum atomic E-state index is 9.11. The van der Waals surface area contributed by atoms with E-state index in [1.807, 2.05) is 11.8 Å². The van der Waals surface area contributed by atoms with Crippen molar-refractivity contribution in [1.29, 1.82) is 5.26 Å². The zero-order valence-electron chi connectivity index (χ0n) is 10.7. The normalized spacial score (nSPS) is 16.5. The van der Waals surface area contributed by atoms with Gasteiger partial charge in [-0.25, -0.2) is 0 Å². The smallest absolute Gasteiger partial charge is 0.138 e. The third kappa shape index (κ3) is 2.63. The van der Waals surface area contributed by atoms with Crippen molar-refractivity contribution in [3.8, 4) is 11.8 Å². The molecule has 0 N–H and O–H groups in total. The van der Waals surface area contributed by atoms with E-state index >= 15 is 0 Å². The highest BCUT2D eigenvalue weighted by atomic mass is 35.5. The Morgan fingerprint density at radius 2 is 2.10 bits per heavy atom. The Morgan fingerprint density at radius 1 is 1.25 bits per heavy atom. The van der Waals surface area contributed by atoms with Gasteiger partial charge in [-0.05, 0) is 30.2 Å². The predicted octanol–water partition coefficient (Wildman–Crippen LogP) is 4.31. The standard InChI is InChI=1S/C16H12ClNOS/c17-14-5-3-6-15(13(14)9-18)19-10-12-8-11-4-1-2-7-16(11)20-12/h1-7,12H,8,10H2. The molecule has 0 aromatic heterocycles. The molecule has 3 rings (SSSR count). The van der Waals surface area contributed by atoms with E-state index in [4.69, 9.17) is 21.6 Å². The van der Waals surface area contributed by atoms with Crippen molar-refractivity contribution < 1.29 is 4.74 Å². The molecule has 0 saturated carbocycles. The van der Waals surface area contributed by atoms with E-state index in [9.17, 15) is 0 Å². The summed E-state index contributed by atoms with van der Waals surface area (Å²) in [6.07, 6.45) is 1.00. The molecule has 1 atom stereocenters. The molecule has 0 spiro atoms. The summed E-state index contributed by atoms with van der Waals surface area (Å²) >= 11 is 7.82. The lowest BCUT2D eigenvalue weighted by molar-refractivity contribution is 0.317. The van der Waals surface area contributed by atoms with Crippen LogP contribution in [-0.2, 0) is 6.42 Å². The quantitative estimate of drug-likeness (QED) is 0.847. The summed E-state index contributed by atoms with van der Waals surface area (Å²) in [6.45, 7) is 0.578. The van der Waals surface area contributed by atoms with Crippen LogP contribution < -0.4 is 4.74 Å². The van der Waals surface area contributed by atoms with Crippen LogP contribution in [0.5, 0.6) is 5.75 Å². The summed E-state index contributed by atoms with van der Waals surface area (Å²) < 4.78 is 5.80. The number of halogens is 1. The van der Waals surface area contributed by atoms with Crippen LogP contribution in [0.2, 0.25) is 5.02 Å². The van der Waals surface area contributed by atoms with Crippen LogP contribution in [0, 0.1) is 11.3 Å². The summed E-state index contributed by atoms with van der Waals surface area (Å²) in [7, 11) is 0. The minimum atomic E-state index is 0.387. The second-order valence-corrected chi connectivity index (χ2v) is 6.34. The molecule has 0 fully saturated rings. The SMILES string of the molecule is N#Cc1c(Cl)cccc1OCC1Cc2ccccc2S1. The predicted molar refractivity (Wildman–Crippen MR) is 81.5 cm³/mol. The van der Waals surface area contributed by atoms with Gasteiger partial charge in [0.1, 0.15) is 24.0 Å². The number of hydrogen-bond acceptors (Lipinski definition) is 3. The van der Waals surface area contributed by atoms with Gasteiger partial charge in [0.15, 0.2) is 0 Å². The minimum absolute atomic E-state index is 0.387. The summed E-state index contributed by atoms with van der Waals surface area (Å²) in [5.41, 5.74) is 1.78. The fourth-order valence-corrected chi connectivity index (χ4v) is 3.69. The van der Waals surface area contributed by atoms with Gasteiger partial charge in [0.25, 0.3) is 0 Å². The molecule has 1 aliphatic rings. The maximum Gasteiger partial charge on any atom is 0.138 e. The maximum absolute atomic E-state index is 9.11. The third-order valence-corrected chi connectivity index (χ3v) is 4.83. The summed E-state index contributed by atoms with van der Waals surface area (Å²) in [5.74, 6) is 0.566. The Balaban J connectivity index is 1.68. The van der Waals surface area contributed by atoms with Crippen LogP contribution in [0.15, 0.2) is 47.4 Å². The van der Waals surface area contributed by atoms with E-state index in [2.05, 4.69) is 30.3 Å². The summed E-state index contributed by atoms with van der Waals surface area (Å²) in [5, 5.41) is 9.94. The van der Waals surface area contributed by atoms with E-state index in [1.165, 1.54) is 10.5 Å². The van der Waals surface area contributed by atoms with Crippen LogP contribution in [0.1, 0.15) is 11.1 Å². The third-order valence-electron chi connectivity index (χ3n) is 3.23. The molecular formula is C16H12ClNOS. The molecule has 2 aromatic rings. The Labute approximate surface area is 127 Å². The molecule has 20 heavy (non-hydrogen) atoms. The molecule has 0 bridgehead atoms. The zero-order valence-corrected chi connectivity index (χ0v) is 12.2. The highest BCUT2D eigenvalue weighted by Gasteiger charge is 2.22. The van der Waals surface area contributed by atoms with Crippen molar-refractivity contribution in [2.75, 3.05) is 6.61 Å². The second-order valence-electron chi connectivity index (χ2n) is 4.59. The van der Waals surface area contributed by atoms with Gasteiger partial charge in [0.05, 0.1) is 5.02 Å². The molecule has 0 saturated heterocycles. The number of rotatable bonds is 3. The molecule has 4 heteroatoms. The van der Waals surface area contributed by atoms with Crippen LogP contribution >= 0.6 is 23.4 Å². The molecule has 1 aliphatic heterocycles. The number of ether oxygens (including phenoxy) is 1. The van der Waals surface area contributed by atoms with Crippen molar-refractivity contribution in [3.05, 3.63) is 58.6 Å². The van der Waals surface area contributed by atoms with Crippen molar-refractivity contribution in [1.82, 2.24) is 0 Å². The number of fused-ring (bicyclic) bond motifs is 1. The van der Waals surface area contributed by atoms with Gasteiger partial charge in [-0.15, -0.1) is 11.8 Å². The molecule has 0 amide bonds. The summed E-state index contributed by atoms with van der Waals surface area (Å²) in [6, 6.07) is 15.8. The topological polar surface area (TPSA) is 33.0 Å².